The van der Waals surface area contributed by atoms with E-state index in [9.17, 15) is 22.8 Å². The Morgan fingerprint density at radius 1 is 1.24 bits per heavy atom. The van der Waals surface area contributed by atoms with Crippen LogP contribution in [0.4, 0.5) is 18.9 Å². The van der Waals surface area contributed by atoms with E-state index < -0.39 is 18.1 Å². The smallest absolute Gasteiger partial charge is 0.391 e. The van der Waals surface area contributed by atoms with Gasteiger partial charge in [0, 0.05) is 18.2 Å². The first-order valence-electron chi connectivity index (χ1n) is 7.98. The summed E-state index contributed by atoms with van der Waals surface area (Å²) in [6.45, 7) is 0. The van der Waals surface area contributed by atoms with Crippen molar-refractivity contribution in [2.24, 2.45) is 11.8 Å². The van der Waals surface area contributed by atoms with Gasteiger partial charge in [-0.1, -0.05) is 0 Å². The van der Waals surface area contributed by atoms with E-state index in [0.29, 0.717) is 18.5 Å². The average Bonchev–Trinajstić information content (AvgIpc) is 2.54. The molecule has 1 aliphatic carbocycles. The van der Waals surface area contributed by atoms with E-state index in [4.69, 9.17) is 9.84 Å². The number of carbonyl (C=O) groups is 2. The monoisotopic (exact) mass is 359 g/mol. The predicted octanol–water partition coefficient (Wildman–Crippen LogP) is 4.09. The Bertz CT molecular complexity index is 637. The zero-order valence-electron chi connectivity index (χ0n) is 13.7. The normalized spacial score (nSPS) is 20.8. The number of methoxy groups -OCH3 is 1. The Balaban J connectivity index is 1.90. The van der Waals surface area contributed by atoms with Crippen LogP contribution >= 0.6 is 0 Å². The summed E-state index contributed by atoms with van der Waals surface area (Å²) in [5, 5.41) is 11.7. The maximum absolute atomic E-state index is 12.6. The maximum atomic E-state index is 12.6. The molecule has 0 spiro atoms. The summed E-state index contributed by atoms with van der Waals surface area (Å²) in [6.07, 6.45) is -3.15. The lowest BCUT2D eigenvalue weighted by Crippen LogP contribution is -2.29. The first-order valence-corrected chi connectivity index (χ1v) is 7.98. The Hall–Kier alpha value is -2.25. The lowest BCUT2D eigenvalue weighted by Gasteiger charge is -2.29. The standard InChI is InChI=1S/C17H20F3NO4/c1-25-14-9-12(6-7-13(14)16(23)24)21-15(22)8-10-2-4-11(5-3-10)17(18,19)20/h6-7,9-11H,2-5,8H2,1H3,(H,21,22)(H,23,24). The van der Waals surface area contributed by atoms with E-state index in [2.05, 4.69) is 5.32 Å². The Morgan fingerprint density at radius 3 is 2.40 bits per heavy atom. The Labute approximate surface area is 143 Å². The minimum Gasteiger partial charge on any atom is -0.496 e. The highest BCUT2D eigenvalue weighted by Crippen LogP contribution is 2.40. The van der Waals surface area contributed by atoms with Gasteiger partial charge in [-0.05, 0) is 43.7 Å². The van der Waals surface area contributed by atoms with Crippen molar-refractivity contribution in [1.29, 1.82) is 0 Å². The number of hydrogen-bond acceptors (Lipinski definition) is 3. The van der Waals surface area contributed by atoms with Crippen LogP contribution in [0.2, 0.25) is 0 Å². The summed E-state index contributed by atoms with van der Waals surface area (Å²) in [6, 6.07) is 4.18. The van der Waals surface area contributed by atoms with Gasteiger partial charge in [-0.25, -0.2) is 4.79 Å². The van der Waals surface area contributed by atoms with Crippen molar-refractivity contribution >= 4 is 17.6 Å². The van der Waals surface area contributed by atoms with Crippen molar-refractivity contribution in [1.82, 2.24) is 0 Å². The van der Waals surface area contributed by atoms with E-state index >= 15 is 0 Å². The van der Waals surface area contributed by atoms with Crippen LogP contribution in [0.3, 0.4) is 0 Å². The summed E-state index contributed by atoms with van der Waals surface area (Å²) in [7, 11) is 1.33. The zero-order chi connectivity index (χ0) is 18.6. The SMILES string of the molecule is COc1cc(NC(=O)CC2CCC(C(F)(F)F)CC2)ccc1C(=O)O. The fourth-order valence-corrected chi connectivity index (χ4v) is 3.11. The van der Waals surface area contributed by atoms with Crippen LogP contribution in [-0.2, 0) is 4.79 Å². The summed E-state index contributed by atoms with van der Waals surface area (Å²) in [5.74, 6) is -2.66. The summed E-state index contributed by atoms with van der Waals surface area (Å²) >= 11 is 0. The van der Waals surface area contributed by atoms with Crippen LogP contribution in [0.25, 0.3) is 0 Å². The number of alkyl halides is 3. The third-order valence-corrected chi connectivity index (χ3v) is 4.50. The molecule has 1 amide bonds. The average molecular weight is 359 g/mol. The van der Waals surface area contributed by atoms with Gasteiger partial charge in [0.2, 0.25) is 5.91 Å². The van der Waals surface area contributed by atoms with E-state index in [1.807, 2.05) is 0 Å². The molecule has 0 saturated heterocycles. The van der Waals surface area contributed by atoms with Crippen molar-refractivity contribution in [2.45, 2.75) is 38.3 Å². The van der Waals surface area contributed by atoms with E-state index in [0.717, 1.165) is 0 Å². The number of carboxylic acids is 1. The van der Waals surface area contributed by atoms with Gasteiger partial charge < -0.3 is 15.2 Å². The van der Waals surface area contributed by atoms with Crippen molar-refractivity contribution < 1.29 is 32.6 Å². The number of aromatic carboxylic acids is 1. The number of ether oxygens (including phenoxy) is 1. The lowest BCUT2D eigenvalue weighted by molar-refractivity contribution is -0.183. The molecule has 0 radical (unpaired) electrons. The molecule has 25 heavy (non-hydrogen) atoms. The predicted molar refractivity (Wildman–Crippen MR) is 84.7 cm³/mol. The molecular weight excluding hydrogens is 339 g/mol. The summed E-state index contributed by atoms with van der Waals surface area (Å²) in [4.78, 5) is 23.1. The minimum atomic E-state index is -4.16. The molecule has 1 aliphatic rings. The van der Waals surface area contributed by atoms with Crippen LogP contribution in [0.5, 0.6) is 5.75 Å². The second-order valence-electron chi connectivity index (χ2n) is 6.23. The van der Waals surface area contributed by atoms with E-state index in [-0.39, 0.29) is 42.4 Å². The molecule has 2 N–H and O–H groups in total. The Morgan fingerprint density at radius 2 is 1.88 bits per heavy atom. The highest BCUT2D eigenvalue weighted by atomic mass is 19.4. The first kappa shape index (κ1) is 19.1. The van der Waals surface area contributed by atoms with E-state index in [1.165, 1.54) is 25.3 Å². The number of amides is 1. The van der Waals surface area contributed by atoms with Gasteiger partial charge in [-0.2, -0.15) is 13.2 Å². The molecule has 8 heteroatoms. The number of benzene rings is 1. The molecule has 5 nitrogen and oxygen atoms in total. The van der Waals surface area contributed by atoms with Crippen LogP contribution < -0.4 is 10.1 Å². The van der Waals surface area contributed by atoms with Crippen LogP contribution in [0.1, 0.15) is 42.5 Å². The molecule has 2 rings (SSSR count). The number of hydrogen-bond donors (Lipinski definition) is 2. The quantitative estimate of drug-likeness (QED) is 0.830. The third-order valence-electron chi connectivity index (χ3n) is 4.50. The van der Waals surface area contributed by atoms with Gasteiger partial charge in [0.1, 0.15) is 11.3 Å². The van der Waals surface area contributed by atoms with E-state index in [1.54, 1.807) is 0 Å². The zero-order valence-corrected chi connectivity index (χ0v) is 13.7. The van der Waals surface area contributed by atoms with Gasteiger partial charge in [0.25, 0.3) is 0 Å². The third kappa shape index (κ3) is 5.11. The largest absolute Gasteiger partial charge is 0.496 e. The minimum absolute atomic E-state index is 0.0222. The summed E-state index contributed by atoms with van der Waals surface area (Å²) in [5.41, 5.74) is 0.363. The molecule has 1 saturated carbocycles. The summed E-state index contributed by atoms with van der Waals surface area (Å²) < 4.78 is 42.9. The van der Waals surface area contributed by atoms with Gasteiger partial charge in [-0.15, -0.1) is 0 Å². The molecule has 1 aromatic rings. The molecule has 1 fully saturated rings. The number of nitrogens with one attached hydrogen (secondary N) is 1. The van der Waals surface area contributed by atoms with Gasteiger partial charge in [0.05, 0.1) is 13.0 Å². The highest BCUT2D eigenvalue weighted by Gasteiger charge is 2.41. The number of rotatable bonds is 5. The molecule has 0 bridgehead atoms. The number of carbonyl (C=O) groups excluding carboxylic acids is 1. The highest BCUT2D eigenvalue weighted by molar-refractivity contribution is 5.94. The molecule has 0 heterocycles. The molecule has 0 atom stereocenters. The molecule has 0 aliphatic heterocycles. The van der Waals surface area contributed by atoms with Crippen molar-refractivity contribution in [3.05, 3.63) is 23.8 Å². The molecule has 1 aromatic carbocycles. The number of carboxylic acid groups (broad SMARTS) is 1. The van der Waals surface area contributed by atoms with Crippen molar-refractivity contribution in [3.8, 4) is 5.75 Å². The molecule has 0 unspecified atom stereocenters. The van der Waals surface area contributed by atoms with Gasteiger partial charge in [0.15, 0.2) is 0 Å². The van der Waals surface area contributed by atoms with Crippen LogP contribution in [-0.4, -0.2) is 30.3 Å². The van der Waals surface area contributed by atoms with Crippen molar-refractivity contribution in [2.75, 3.05) is 12.4 Å². The van der Waals surface area contributed by atoms with Crippen LogP contribution in [0, 0.1) is 11.8 Å². The fraction of sp³-hybridized carbons (Fsp3) is 0.529. The molecule has 0 aromatic heterocycles. The topological polar surface area (TPSA) is 75.6 Å². The molecular formula is C17H20F3NO4. The van der Waals surface area contributed by atoms with Crippen molar-refractivity contribution in [3.63, 3.8) is 0 Å². The second-order valence-corrected chi connectivity index (χ2v) is 6.23. The first-order chi connectivity index (χ1) is 11.7. The maximum Gasteiger partial charge on any atom is 0.391 e. The lowest BCUT2D eigenvalue weighted by atomic mass is 9.80. The Kier molecular flexibility index (Phi) is 5.92. The number of halogens is 3. The van der Waals surface area contributed by atoms with Gasteiger partial charge in [-0.3, -0.25) is 4.79 Å². The fourth-order valence-electron chi connectivity index (χ4n) is 3.11. The number of anilines is 1. The van der Waals surface area contributed by atoms with Crippen LogP contribution in [0.15, 0.2) is 18.2 Å². The second kappa shape index (κ2) is 7.76. The molecule has 138 valence electrons. The van der Waals surface area contributed by atoms with Gasteiger partial charge >= 0.3 is 12.1 Å².